The number of carbonyl (C=O) groups is 2. The van der Waals surface area contributed by atoms with Crippen molar-refractivity contribution in [1.82, 2.24) is 10.5 Å². The van der Waals surface area contributed by atoms with Crippen LogP contribution in [0.5, 0.6) is 0 Å². The van der Waals surface area contributed by atoms with Gasteiger partial charge in [0, 0.05) is 7.05 Å². The molecular weight excluding hydrogens is 343 g/mol. The van der Waals surface area contributed by atoms with Crippen LogP contribution in [0, 0.1) is 0 Å². The van der Waals surface area contributed by atoms with Crippen molar-refractivity contribution in [2.24, 2.45) is 0 Å². The van der Waals surface area contributed by atoms with Crippen molar-refractivity contribution >= 4 is 17.4 Å². The monoisotopic (exact) mass is 359 g/mol. The number of anilines is 1. The highest BCUT2D eigenvalue weighted by Crippen LogP contribution is 2.32. The number of likely N-dealkylation sites (N-methyl/N-ethyl adjacent to an activating group) is 1. The molecule has 1 aliphatic heterocycles. The van der Waals surface area contributed by atoms with Crippen LogP contribution in [0.2, 0.25) is 0 Å². The molecule has 2 rings (SSSR count). The molecule has 0 bridgehead atoms. The van der Waals surface area contributed by atoms with Crippen molar-refractivity contribution in [3.8, 4) is 0 Å². The number of methoxy groups -OCH3 is 1. The lowest BCUT2D eigenvalue weighted by molar-refractivity contribution is -0.171. The largest absolute Gasteiger partial charge is 0.491 e. The van der Waals surface area contributed by atoms with E-state index in [-0.39, 0.29) is 11.4 Å². The first-order chi connectivity index (χ1) is 11.7. The first kappa shape index (κ1) is 18.6. The quantitative estimate of drug-likeness (QED) is 0.649. The fourth-order valence-electron chi connectivity index (χ4n) is 2.23. The van der Waals surface area contributed by atoms with Crippen LogP contribution in [0.1, 0.15) is 5.56 Å². The van der Waals surface area contributed by atoms with Gasteiger partial charge in [0.25, 0.3) is 5.91 Å². The van der Waals surface area contributed by atoms with Crippen molar-refractivity contribution in [1.29, 1.82) is 0 Å². The second-order valence-corrected chi connectivity index (χ2v) is 5.04. The molecule has 1 aromatic carbocycles. The molecule has 1 aromatic rings. The number of hydrazine groups is 1. The predicted molar refractivity (Wildman–Crippen MR) is 80.7 cm³/mol. The third-order valence-corrected chi connectivity index (χ3v) is 3.57. The van der Waals surface area contributed by atoms with Crippen LogP contribution < -0.4 is 10.4 Å². The van der Waals surface area contributed by atoms with Crippen LogP contribution in [0.15, 0.2) is 36.2 Å². The third-order valence-electron chi connectivity index (χ3n) is 3.57. The van der Waals surface area contributed by atoms with Gasteiger partial charge < -0.3 is 10.2 Å². The summed E-state index contributed by atoms with van der Waals surface area (Å²) in [4.78, 5) is 29.7. The van der Waals surface area contributed by atoms with Crippen LogP contribution in [0.3, 0.4) is 0 Å². The molecule has 1 unspecified atom stereocenters. The Labute approximate surface area is 141 Å². The number of ether oxygens (including phenoxy) is 1. The molecule has 0 radical (unpaired) electrons. The summed E-state index contributed by atoms with van der Waals surface area (Å²) < 4.78 is 43.7. The highest BCUT2D eigenvalue weighted by Gasteiger charge is 2.41. The van der Waals surface area contributed by atoms with Crippen molar-refractivity contribution in [3.63, 3.8) is 0 Å². The maximum atomic E-state index is 12.9. The van der Waals surface area contributed by atoms with Gasteiger partial charge in [-0.05, 0) is 18.2 Å². The van der Waals surface area contributed by atoms with Crippen LogP contribution in [-0.2, 0) is 25.3 Å². The normalized spacial score (nSPS) is 17.7. The number of halogens is 3. The number of amides is 1. The van der Waals surface area contributed by atoms with Gasteiger partial charge in [0.2, 0.25) is 5.78 Å². The van der Waals surface area contributed by atoms with Gasteiger partial charge in [-0.25, -0.2) is 5.06 Å². The number of ketones is 1. The number of hydroxylamine groups is 2. The zero-order valence-corrected chi connectivity index (χ0v) is 13.6. The summed E-state index contributed by atoms with van der Waals surface area (Å²) in [5.41, 5.74) is 1.68. The Balaban J connectivity index is 2.48. The molecule has 1 amide bonds. The number of benzene rings is 1. The predicted octanol–water partition coefficient (Wildman–Crippen LogP) is 1.48. The molecule has 7 nitrogen and oxygen atoms in total. The molecule has 10 heteroatoms. The Kier molecular flexibility index (Phi) is 5.21. The van der Waals surface area contributed by atoms with Crippen LogP contribution in [0.25, 0.3) is 0 Å². The number of nitrogens with one attached hydrogen (secondary N) is 1. The average Bonchev–Trinajstić information content (AvgIpc) is 2.59. The summed E-state index contributed by atoms with van der Waals surface area (Å²) >= 11 is 0. The maximum Gasteiger partial charge on any atom is 0.416 e. The highest BCUT2D eigenvalue weighted by molar-refractivity contribution is 6.15. The topological polar surface area (TPSA) is 71.1 Å². The molecule has 0 saturated carbocycles. The van der Waals surface area contributed by atoms with Gasteiger partial charge in [0.1, 0.15) is 0 Å². The number of alkyl halides is 3. The standard InChI is InChI=1S/C15H16F3N3O4/c1-20(25-3)14(23)12-13(22)11(24-2)8-19-21(12)10-6-4-5-9(7-10)15(16,17)18/h4-8,12,19H,1-3H3. The summed E-state index contributed by atoms with van der Waals surface area (Å²) in [6, 6.07) is 2.76. The Bertz CT molecular complexity index is 706. The van der Waals surface area contributed by atoms with Gasteiger partial charge in [-0.15, -0.1) is 0 Å². The number of carbonyl (C=O) groups excluding carboxylic acids is 2. The fourth-order valence-corrected chi connectivity index (χ4v) is 2.23. The minimum absolute atomic E-state index is 0.0163. The van der Waals surface area contributed by atoms with E-state index >= 15 is 0 Å². The molecule has 1 aliphatic rings. The Morgan fingerprint density at radius 3 is 2.56 bits per heavy atom. The Hall–Kier alpha value is -2.75. The first-order valence-corrected chi connectivity index (χ1v) is 7.03. The third kappa shape index (κ3) is 3.68. The molecule has 136 valence electrons. The van der Waals surface area contributed by atoms with E-state index in [4.69, 9.17) is 9.57 Å². The smallest absolute Gasteiger partial charge is 0.416 e. The summed E-state index contributed by atoms with van der Waals surface area (Å²) in [6.45, 7) is 0. The number of rotatable bonds is 4. The SMILES string of the molecule is COC1=CNN(c2cccc(C(F)(F)F)c2)C(C(=O)N(C)OC)C1=O. The average molecular weight is 359 g/mol. The summed E-state index contributed by atoms with van der Waals surface area (Å²) in [7, 11) is 3.75. The van der Waals surface area contributed by atoms with E-state index in [9.17, 15) is 22.8 Å². The van der Waals surface area contributed by atoms with E-state index in [0.29, 0.717) is 0 Å². The molecule has 1 N–H and O–H groups in total. The lowest BCUT2D eigenvalue weighted by Gasteiger charge is -2.36. The molecule has 0 aromatic heterocycles. The molecule has 1 heterocycles. The molecule has 25 heavy (non-hydrogen) atoms. The van der Waals surface area contributed by atoms with E-state index in [1.165, 1.54) is 39.6 Å². The maximum absolute atomic E-state index is 12.9. The lowest BCUT2D eigenvalue weighted by atomic mass is 10.1. The summed E-state index contributed by atoms with van der Waals surface area (Å²) in [5, 5.41) is 1.83. The lowest BCUT2D eigenvalue weighted by Crippen LogP contribution is -2.59. The van der Waals surface area contributed by atoms with Crippen molar-refractivity contribution in [2.75, 3.05) is 26.3 Å². The van der Waals surface area contributed by atoms with E-state index in [1.54, 1.807) is 0 Å². The number of Topliss-reactive ketones (excluding diaryl/α,β-unsaturated/α-hetero) is 1. The van der Waals surface area contributed by atoms with Gasteiger partial charge in [-0.1, -0.05) is 6.07 Å². The number of hydrogen-bond acceptors (Lipinski definition) is 6. The van der Waals surface area contributed by atoms with Crippen LogP contribution in [-0.4, -0.2) is 44.1 Å². The zero-order valence-electron chi connectivity index (χ0n) is 13.6. The molecule has 0 aliphatic carbocycles. The summed E-state index contributed by atoms with van der Waals surface area (Å²) in [6.07, 6.45) is -3.40. The Morgan fingerprint density at radius 2 is 2.00 bits per heavy atom. The van der Waals surface area contributed by atoms with Gasteiger partial charge in [-0.3, -0.25) is 19.4 Å². The van der Waals surface area contributed by atoms with Gasteiger partial charge >= 0.3 is 6.18 Å². The zero-order chi connectivity index (χ0) is 18.8. The van der Waals surface area contributed by atoms with E-state index in [0.717, 1.165) is 22.2 Å². The number of hydrogen-bond donors (Lipinski definition) is 1. The van der Waals surface area contributed by atoms with Gasteiger partial charge in [0.15, 0.2) is 11.8 Å². The fraction of sp³-hybridized carbons (Fsp3) is 0.333. The van der Waals surface area contributed by atoms with E-state index in [2.05, 4.69) is 5.43 Å². The molecule has 0 spiro atoms. The van der Waals surface area contributed by atoms with Crippen LogP contribution >= 0.6 is 0 Å². The van der Waals surface area contributed by atoms with E-state index in [1.807, 2.05) is 0 Å². The van der Waals surface area contributed by atoms with Gasteiger partial charge in [0.05, 0.1) is 31.7 Å². The summed E-state index contributed by atoms with van der Waals surface area (Å²) in [5.74, 6) is -1.63. The first-order valence-electron chi connectivity index (χ1n) is 7.03. The molecule has 0 saturated heterocycles. The molecule has 0 fully saturated rings. The molecular formula is C15H16F3N3O4. The minimum Gasteiger partial charge on any atom is -0.491 e. The van der Waals surface area contributed by atoms with E-state index < -0.39 is 29.5 Å². The Morgan fingerprint density at radius 1 is 1.32 bits per heavy atom. The van der Waals surface area contributed by atoms with Crippen molar-refractivity contribution < 1.29 is 32.3 Å². The van der Waals surface area contributed by atoms with Crippen molar-refractivity contribution in [2.45, 2.75) is 12.2 Å². The van der Waals surface area contributed by atoms with Gasteiger partial charge in [-0.2, -0.15) is 13.2 Å². The van der Waals surface area contributed by atoms with Crippen molar-refractivity contribution in [3.05, 3.63) is 41.8 Å². The second-order valence-electron chi connectivity index (χ2n) is 5.04. The number of nitrogens with zero attached hydrogens (tertiary/aromatic N) is 2. The van der Waals surface area contributed by atoms with Crippen LogP contribution in [0.4, 0.5) is 18.9 Å². The second kappa shape index (κ2) is 7.01. The molecule has 1 atom stereocenters. The highest BCUT2D eigenvalue weighted by atomic mass is 19.4. The minimum atomic E-state index is -4.56.